The van der Waals surface area contributed by atoms with Crippen molar-refractivity contribution in [2.45, 2.75) is 13.0 Å². The molecule has 1 atom stereocenters. The summed E-state index contributed by atoms with van der Waals surface area (Å²) in [5.41, 5.74) is 0.757. The second kappa shape index (κ2) is 7.91. The number of hydrogen-bond donors (Lipinski definition) is 1. The van der Waals surface area contributed by atoms with E-state index in [9.17, 15) is 4.79 Å². The summed E-state index contributed by atoms with van der Waals surface area (Å²) in [7, 11) is 1.46. The summed E-state index contributed by atoms with van der Waals surface area (Å²) in [4.78, 5) is 12.3. The molecule has 0 aliphatic rings. The van der Waals surface area contributed by atoms with E-state index >= 15 is 0 Å². The molecular weight excluding hydrogens is 351 g/mol. The number of hydrogen-bond acceptors (Lipinski definition) is 4. The molecule has 2 aromatic rings. The lowest BCUT2D eigenvalue weighted by Gasteiger charge is -2.17. The van der Waals surface area contributed by atoms with Crippen LogP contribution in [0.4, 0.5) is 5.69 Å². The number of benzene rings is 2. The zero-order chi connectivity index (χ0) is 17.7. The maximum absolute atomic E-state index is 12.3. The molecule has 1 N–H and O–H groups in total. The number of anilines is 1. The van der Waals surface area contributed by atoms with Gasteiger partial charge in [-0.3, -0.25) is 4.79 Å². The predicted octanol–water partition coefficient (Wildman–Crippen LogP) is 4.28. The number of rotatable bonds is 5. The first-order valence-electron chi connectivity index (χ1n) is 6.96. The Labute approximate surface area is 149 Å². The fourth-order valence-corrected chi connectivity index (χ4v) is 2.41. The van der Waals surface area contributed by atoms with Gasteiger partial charge in [0.15, 0.2) is 17.6 Å². The highest BCUT2D eigenvalue weighted by Gasteiger charge is 2.19. The van der Waals surface area contributed by atoms with Crippen molar-refractivity contribution in [3.63, 3.8) is 0 Å². The van der Waals surface area contributed by atoms with Crippen LogP contribution in [0.2, 0.25) is 10.0 Å². The van der Waals surface area contributed by atoms with Gasteiger partial charge in [-0.2, -0.15) is 5.26 Å². The average Bonchev–Trinajstić information content (AvgIpc) is 2.58. The molecule has 0 saturated heterocycles. The molecule has 1 amide bonds. The summed E-state index contributed by atoms with van der Waals surface area (Å²) in [6.45, 7) is 1.58. The third kappa shape index (κ3) is 4.10. The number of carbonyl (C=O) groups excluding carboxylic acids is 1. The van der Waals surface area contributed by atoms with E-state index < -0.39 is 12.0 Å². The van der Waals surface area contributed by atoms with Crippen molar-refractivity contribution in [3.05, 3.63) is 52.0 Å². The first-order valence-corrected chi connectivity index (χ1v) is 7.71. The molecule has 7 heteroatoms. The summed E-state index contributed by atoms with van der Waals surface area (Å²) in [6, 6.07) is 11.6. The maximum atomic E-state index is 12.3. The van der Waals surface area contributed by atoms with Gasteiger partial charge in [0.2, 0.25) is 0 Å². The highest BCUT2D eigenvalue weighted by atomic mass is 35.5. The fourth-order valence-electron chi connectivity index (χ4n) is 1.92. The van der Waals surface area contributed by atoms with E-state index in [2.05, 4.69) is 5.32 Å². The number of methoxy groups -OCH3 is 1. The molecule has 0 heterocycles. The van der Waals surface area contributed by atoms with Crippen molar-refractivity contribution in [1.29, 1.82) is 5.26 Å². The third-order valence-electron chi connectivity index (χ3n) is 3.18. The predicted molar refractivity (Wildman–Crippen MR) is 92.9 cm³/mol. The van der Waals surface area contributed by atoms with E-state index in [1.165, 1.54) is 13.2 Å². The standard InChI is InChI=1S/C17H14Cl2N2O3/c1-10(17(22)21-16-12(18)4-3-5-13(16)19)24-14-7-6-11(9-20)8-15(14)23-2/h3-8,10H,1-2H3,(H,21,22)/t10-/m1/s1. The second-order valence-electron chi connectivity index (χ2n) is 4.82. The van der Waals surface area contributed by atoms with Crippen LogP contribution < -0.4 is 14.8 Å². The van der Waals surface area contributed by atoms with Crippen molar-refractivity contribution in [3.8, 4) is 17.6 Å². The summed E-state index contributed by atoms with van der Waals surface area (Å²) in [5, 5.41) is 12.2. The van der Waals surface area contributed by atoms with E-state index in [0.717, 1.165) is 0 Å². The number of halogens is 2. The number of para-hydroxylation sites is 1. The molecule has 5 nitrogen and oxygen atoms in total. The number of nitriles is 1. The van der Waals surface area contributed by atoms with Crippen molar-refractivity contribution in [1.82, 2.24) is 0 Å². The van der Waals surface area contributed by atoms with E-state index in [0.29, 0.717) is 32.8 Å². The number of ether oxygens (including phenoxy) is 2. The van der Waals surface area contributed by atoms with Gasteiger partial charge in [-0.15, -0.1) is 0 Å². The van der Waals surface area contributed by atoms with Crippen molar-refractivity contribution >= 4 is 34.8 Å². The summed E-state index contributed by atoms with van der Waals surface area (Å²) >= 11 is 12.1. The van der Waals surface area contributed by atoms with Gasteiger partial charge in [-0.1, -0.05) is 29.3 Å². The molecule has 0 aromatic heterocycles. The molecule has 0 saturated carbocycles. The van der Waals surface area contributed by atoms with Gasteiger partial charge in [-0.25, -0.2) is 0 Å². The second-order valence-corrected chi connectivity index (χ2v) is 5.64. The minimum atomic E-state index is -0.834. The molecule has 0 aliphatic heterocycles. The van der Waals surface area contributed by atoms with Crippen LogP contribution in [0.3, 0.4) is 0 Å². The Morgan fingerprint density at radius 3 is 2.46 bits per heavy atom. The van der Waals surface area contributed by atoms with Crippen molar-refractivity contribution < 1.29 is 14.3 Å². The number of amides is 1. The smallest absolute Gasteiger partial charge is 0.265 e. The normalized spacial score (nSPS) is 11.3. The van der Waals surface area contributed by atoms with Crippen LogP contribution in [0, 0.1) is 11.3 Å². The number of carbonyl (C=O) groups is 1. The molecule has 0 bridgehead atoms. The Balaban J connectivity index is 2.14. The van der Waals surface area contributed by atoms with E-state index in [1.54, 1.807) is 37.3 Å². The lowest BCUT2D eigenvalue weighted by atomic mass is 10.2. The Morgan fingerprint density at radius 2 is 1.88 bits per heavy atom. The Bertz CT molecular complexity index is 783. The Hall–Kier alpha value is -2.42. The summed E-state index contributed by atoms with van der Waals surface area (Å²) in [6.07, 6.45) is -0.834. The molecule has 0 fully saturated rings. The molecule has 2 rings (SSSR count). The van der Waals surface area contributed by atoms with Crippen LogP contribution in [-0.4, -0.2) is 19.1 Å². The molecule has 2 aromatic carbocycles. The Kier molecular flexibility index (Phi) is 5.91. The van der Waals surface area contributed by atoms with E-state index in [1.807, 2.05) is 6.07 Å². The van der Waals surface area contributed by atoms with Crippen LogP contribution in [-0.2, 0) is 4.79 Å². The first kappa shape index (κ1) is 17.9. The SMILES string of the molecule is COc1cc(C#N)ccc1O[C@H](C)C(=O)Nc1c(Cl)cccc1Cl. The largest absolute Gasteiger partial charge is 0.493 e. The zero-order valence-corrected chi connectivity index (χ0v) is 14.5. The maximum Gasteiger partial charge on any atom is 0.265 e. The molecule has 0 spiro atoms. The van der Waals surface area contributed by atoms with Crippen LogP contribution in [0.25, 0.3) is 0 Å². The lowest BCUT2D eigenvalue weighted by molar-refractivity contribution is -0.122. The molecule has 0 unspecified atom stereocenters. The highest BCUT2D eigenvalue weighted by molar-refractivity contribution is 6.39. The van der Waals surface area contributed by atoms with Gasteiger partial charge in [0.25, 0.3) is 5.91 Å². The summed E-state index contributed by atoms with van der Waals surface area (Å²) in [5.74, 6) is 0.297. The van der Waals surface area contributed by atoms with Crippen molar-refractivity contribution in [2.24, 2.45) is 0 Å². The van der Waals surface area contributed by atoms with Crippen LogP contribution in [0.5, 0.6) is 11.5 Å². The van der Waals surface area contributed by atoms with Gasteiger partial charge >= 0.3 is 0 Å². The molecule has 0 radical (unpaired) electrons. The quantitative estimate of drug-likeness (QED) is 0.859. The van der Waals surface area contributed by atoms with Gasteiger partial charge in [-0.05, 0) is 31.2 Å². The Morgan fingerprint density at radius 1 is 1.21 bits per heavy atom. The van der Waals surface area contributed by atoms with Crippen molar-refractivity contribution in [2.75, 3.05) is 12.4 Å². The highest BCUT2D eigenvalue weighted by Crippen LogP contribution is 2.31. The zero-order valence-electron chi connectivity index (χ0n) is 13.0. The first-order chi connectivity index (χ1) is 11.5. The minimum Gasteiger partial charge on any atom is -0.493 e. The minimum absolute atomic E-state index is 0.327. The van der Waals surface area contributed by atoms with Crippen LogP contribution in [0.15, 0.2) is 36.4 Å². The monoisotopic (exact) mass is 364 g/mol. The summed E-state index contributed by atoms with van der Waals surface area (Å²) < 4.78 is 10.8. The van der Waals surface area contributed by atoms with Gasteiger partial charge < -0.3 is 14.8 Å². The fraction of sp³-hybridized carbons (Fsp3) is 0.176. The average molecular weight is 365 g/mol. The van der Waals surface area contributed by atoms with E-state index in [-0.39, 0.29) is 0 Å². The van der Waals surface area contributed by atoms with Gasteiger partial charge in [0, 0.05) is 6.07 Å². The van der Waals surface area contributed by atoms with Crippen LogP contribution >= 0.6 is 23.2 Å². The topological polar surface area (TPSA) is 71.3 Å². The molecule has 0 aliphatic carbocycles. The van der Waals surface area contributed by atoms with E-state index in [4.69, 9.17) is 37.9 Å². The lowest BCUT2D eigenvalue weighted by Crippen LogP contribution is -2.30. The number of nitrogens with one attached hydrogen (secondary N) is 1. The van der Waals surface area contributed by atoms with Gasteiger partial charge in [0.1, 0.15) is 0 Å². The van der Waals surface area contributed by atoms with Gasteiger partial charge in [0.05, 0.1) is 34.5 Å². The van der Waals surface area contributed by atoms with Crippen LogP contribution in [0.1, 0.15) is 12.5 Å². The third-order valence-corrected chi connectivity index (χ3v) is 3.81. The molecule has 124 valence electrons. The molecule has 24 heavy (non-hydrogen) atoms. The number of nitrogens with zero attached hydrogens (tertiary/aromatic N) is 1. The molecular formula is C17H14Cl2N2O3.